The number of benzene rings is 1. The summed E-state index contributed by atoms with van der Waals surface area (Å²) >= 11 is 0. The molecule has 2 fully saturated rings. The number of aryl methyl sites for hydroxylation is 1. The Labute approximate surface area is 161 Å². The molecule has 4 atom stereocenters. The van der Waals surface area contributed by atoms with Crippen molar-refractivity contribution in [2.45, 2.75) is 51.0 Å². The van der Waals surface area contributed by atoms with E-state index in [2.05, 4.69) is 58.3 Å². The van der Waals surface area contributed by atoms with E-state index in [0.29, 0.717) is 0 Å². The molecule has 7 nitrogen and oxygen atoms in total. The van der Waals surface area contributed by atoms with E-state index in [1.54, 1.807) is 0 Å². The van der Waals surface area contributed by atoms with Crippen LogP contribution in [0.3, 0.4) is 0 Å². The number of fused-ring (bicyclic) bond motifs is 1. The Morgan fingerprint density at radius 1 is 1.30 bits per heavy atom. The van der Waals surface area contributed by atoms with Gasteiger partial charge in [0.25, 0.3) is 0 Å². The van der Waals surface area contributed by atoms with Crippen LogP contribution in [0.25, 0.3) is 0 Å². The minimum absolute atomic E-state index is 0.0312. The average molecular weight is 374 g/mol. The summed E-state index contributed by atoms with van der Waals surface area (Å²) in [5, 5.41) is 11.0. The van der Waals surface area contributed by atoms with Crippen molar-refractivity contribution in [2.75, 3.05) is 27.2 Å². The summed E-state index contributed by atoms with van der Waals surface area (Å²) in [6, 6.07) is 6.69. The van der Waals surface area contributed by atoms with Gasteiger partial charge in [-0.15, -0.1) is 0 Å². The fourth-order valence-electron chi connectivity index (χ4n) is 4.30. The van der Waals surface area contributed by atoms with Crippen molar-refractivity contribution in [1.29, 1.82) is 0 Å². The molecule has 1 aromatic rings. The van der Waals surface area contributed by atoms with Crippen LogP contribution >= 0.6 is 0 Å². The molecule has 4 rings (SSSR count). The maximum absolute atomic E-state index is 12.8. The number of rotatable bonds is 4. The van der Waals surface area contributed by atoms with Crippen LogP contribution in [0.2, 0.25) is 0 Å². The van der Waals surface area contributed by atoms with Crippen molar-refractivity contribution in [3.05, 3.63) is 34.9 Å². The number of hydrazine groups is 1. The minimum Gasteiger partial charge on any atom is -0.349 e. The number of hydrogen-bond acceptors (Lipinski definition) is 6. The predicted octanol–water partition coefficient (Wildman–Crippen LogP) is 1.45. The molecule has 3 N–H and O–H groups in total. The van der Waals surface area contributed by atoms with E-state index in [-0.39, 0.29) is 30.3 Å². The van der Waals surface area contributed by atoms with Crippen LogP contribution in [-0.4, -0.2) is 49.3 Å². The molecule has 2 aliphatic heterocycles. The Balaban J connectivity index is 1.39. The highest BCUT2D eigenvalue weighted by Crippen LogP contribution is 2.33. The molecule has 3 aliphatic rings. The van der Waals surface area contributed by atoms with E-state index in [0.717, 1.165) is 38.8 Å². The van der Waals surface area contributed by atoms with Gasteiger partial charge in [0.05, 0.1) is 12.0 Å². The zero-order chi connectivity index (χ0) is 19.0. The average Bonchev–Trinajstić information content (AvgIpc) is 3.30. The van der Waals surface area contributed by atoms with Crippen molar-refractivity contribution in [3.8, 4) is 0 Å². The van der Waals surface area contributed by atoms with Crippen LogP contribution in [0.4, 0.5) is 0 Å². The molecule has 148 valence electrons. The van der Waals surface area contributed by atoms with E-state index in [9.17, 15) is 4.79 Å². The third-order valence-electron chi connectivity index (χ3n) is 6.19. The van der Waals surface area contributed by atoms with Crippen molar-refractivity contribution >= 4 is 5.91 Å². The van der Waals surface area contributed by atoms with Gasteiger partial charge in [0.15, 0.2) is 0 Å². The van der Waals surface area contributed by atoms with Crippen LogP contribution < -0.4 is 16.1 Å². The molecule has 1 aliphatic carbocycles. The van der Waals surface area contributed by atoms with Gasteiger partial charge in [0, 0.05) is 27.2 Å². The second kappa shape index (κ2) is 7.85. The minimum atomic E-state index is 0.0312. The SMILES string of the molecule is CCC1NC(c2ccc3c(c2)CC[C@H]3NC(=O)C2CCN(C)N(C)C2)NO1. The van der Waals surface area contributed by atoms with Crippen LogP contribution in [0, 0.1) is 5.92 Å². The lowest BCUT2D eigenvalue weighted by molar-refractivity contribution is -0.131. The topological polar surface area (TPSA) is 68.9 Å². The molecule has 0 saturated carbocycles. The van der Waals surface area contributed by atoms with Gasteiger partial charge in [0.1, 0.15) is 12.4 Å². The van der Waals surface area contributed by atoms with Crippen molar-refractivity contribution in [2.24, 2.45) is 5.92 Å². The van der Waals surface area contributed by atoms with Gasteiger partial charge in [-0.25, -0.2) is 10.0 Å². The number of carbonyl (C=O) groups is 1. The zero-order valence-corrected chi connectivity index (χ0v) is 16.5. The smallest absolute Gasteiger partial charge is 0.224 e. The lowest BCUT2D eigenvalue weighted by Gasteiger charge is -2.37. The highest BCUT2D eigenvalue weighted by Gasteiger charge is 2.31. The molecule has 27 heavy (non-hydrogen) atoms. The summed E-state index contributed by atoms with van der Waals surface area (Å²) in [4.78, 5) is 18.3. The summed E-state index contributed by atoms with van der Waals surface area (Å²) < 4.78 is 0. The van der Waals surface area contributed by atoms with E-state index in [1.807, 2.05) is 7.05 Å². The molecule has 0 aromatic heterocycles. The zero-order valence-electron chi connectivity index (χ0n) is 16.5. The Hall–Kier alpha value is -1.51. The van der Waals surface area contributed by atoms with Crippen molar-refractivity contribution in [1.82, 2.24) is 26.1 Å². The molecule has 0 radical (unpaired) electrons. The molecular weight excluding hydrogens is 342 g/mol. The standard InChI is InChI=1S/C20H31N5O2/c1-4-18-22-19(23-27-18)14-5-7-16-13(11-14)6-8-17(16)21-20(26)15-9-10-24(2)25(3)12-15/h5,7,11,15,17-19,22-23H,4,6,8-10,12H2,1-3H3,(H,21,26)/t15?,17-,18?,19?/m1/s1. The van der Waals surface area contributed by atoms with Gasteiger partial charge in [-0.2, -0.15) is 5.48 Å². The van der Waals surface area contributed by atoms with E-state index < -0.39 is 0 Å². The fraction of sp³-hybridized carbons (Fsp3) is 0.650. The third kappa shape index (κ3) is 3.88. The molecule has 7 heteroatoms. The first-order valence-corrected chi connectivity index (χ1v) is 10.1. The number of carbonyl (C=O) groups excluding carboxylic acids is 1. The first kappa shape index (κ1) is 18.8. The lowest BCUT2D eigenvalue weighted by Crippen LogP contribution is -2.50. The van der Waals surface area contributed by atoms with Gasteiger partial charge in [-0.05, 0) is 42.4 Å². The largest absolute Gasteiger partial charge is 0.349 e. The highest BCUT2D eigenvalue weighted by atomic mass is 16.7. The second-order valence-corrected chi connectivity index (χ2v) is 8.00. The van der Waals surface area contributed by atoms with Crippen LogP contribution in [-0.2, 0) is 16.1 Å². The number of hydrogen-bond donors (Lipinski definition) is 3. The normalized spacial score (nSPS) is 31.8. The summed E-state index contributed by atoms with van der Waals surface area (Å²) in [6.45, 7) is 3.82. The van der Waals surface area contributed by atoms with E-state index in [1.165, 1.54) is 16.7 Å². The summed E-state index contributed by atoms with van der Waals surface area (Å²) in [7, 11) is 4.12. The number of amides is 1. The van der Waals surface area contributed by atoms with E-state index >= 15 is 0 Å². The fourth-order valence-corrected chi connectivity index (χ4v) is 4.30. The first-order valence-electron chi connectivity index (χ1n) is 10.1. The van der Waals surface area contributed by atoms with Gasteiger partial charge in [0.2, 0.25) is 5.91 Å². The molecular formula is C20H31N5O2. The maximum atomic E-state index is 12.8. The van der Waals surface area contributed by atoms with Gasteiger partial charge in [-0.3, -0.25) is 14.9 Å². The molecule has 0 bridgehead atoms. The van der Waals surface area contributed by atoms with Crippen molar-refractivity contribution < 1.29 is 9.63 Å². The van der Waals surface area contributed by atoms with Gasteiger partial charge >= 0.3 is 0 Å². The monoisotopic (exact) mass is 373 g/mol. The molecule has 2 saturated heterocycles. The first-order chi connectivity index (χ1) is 13.0. The third-order valence-corrected chi connectivity index (χ3v) is 6.19. The number of nitrogens with one attached hydrogen (secondary N) is 3. The number of nitrogens with zero attached hydrogens (tertiary/aromatic N) is 2. The Kier molecular flexibility index (Phi) is 5.48. The maximum Gasteiger partial charge on any atom is 0.224 e. The Morgan fingerprint density at radius 2 is 2.15 bits per heavy atom. The molecule has 0 spiro atoms. The Bertz CT molecular complexity index is 697. The van der Waals surface area contributed by atoms with Gasteiger partial charge in [-0.1, -0.05) is 25.1 Å². The molecule has 2 heterocycles. The molecule has 1 aromatic carbocycles. The molecule has 1 amide bonds. The van der Waals surface area contributed by atoms with Crippen LogP contribution in [0.5, 0.6) is 0 Å². The van der Waals surface area contributed by atoms with Gasteiger partial charge < -0.3 is 5.32 Å². The number of hydroxylamine groups is 1. The van der Waals surface area contributed by atoms with Crippen LogP contribution in [0.15, 0.2) is 18.2 Å². The van der Waals surface area contributed by atoms with Crippen LogP contribution in [0.1, 0.15) is 55.1 Å². The van der Waals surface area contributed by atoms with E-state index in [4.69, 9.17) is 4.84 Å². The summed E-state index contributed by atoms with van der Waals surface area (Å²) in [5.74, 6) is 0.264. The summed E-state index contributed by atoms with van der Waals surface area (Å²) in [5.41, 5.74) is 6.86. The predicted molar refractivity (Wildman–Crippen MR) is 103 cm³/mol. The molecule has 3 unspecified atom stereocenters. The Morgan fingerprint density at radius 3 is 2.89 bits per heavy atom. The summed E-state index contributed by atoms with van der Waals surface area (Å²) in [6.07, 6.45) is 3.92. The van der Waals surface area contributed by atoms with Crippen molar-refractivity contribution in [3.63, 3.8) is 0 Å². The lowest BCUT2D eigenvalue weighted by atomic mass is 10.00. The quantitative estimate of drug-likeness (QED) is 0.742. The highest BCUT2D eigenvalue weighted by molar-refractivity contribution is 5.79. The second-order valence-electron chi connectivity index (χ2n) is 8.00.